The molecule has 0 atom stereocenters. The highest BCUT2D eigenvalue weighted by atomic mass is 35.5. The molecule has 0 aliphatic carbocycles. The Morgan fingerprint density at radius 1 is 1.27 bits per heavy atom. The van der Waals surface area contributed by atoms with Crippen molar-refractivity contribution in [3.8, 4) is 17.0 Å². The molecule has 1 aromatic carbocycles. The van der Waals surface area contributed by atoms with E-state index >= 15 is 0 Å². The summed E-state index contributed by atoms with van der Waals surface area (Å²) in [6, 6.07) is 6.56. The van der Waals surface area contributed by atoms with E-state index < -0.39 is 12.3 Å². The lowest BCUT2D eigenvalue weighted by molar-refractivity contribution is -0.274. The standard InChI is InChI=1S/C14H9ClF3NO3/c1-21-13(20)10-6-12(19-7-11(10)15)8-3-2-4-9(5-8)22-14(16,17)18/h2-7H,1H3. The van der Waals surface area contributed by atoms with Crippen LogP contribution in [0.3, 0.4) is 0 Å². The Morgan fingerprint density at radius 2 is 2.00 bits per heavy atom. The van der Waals surface area contributed by atoms with Crippen molar-refractivity contribution in [1.29, 1.82) is 0 Å². The Bertz CT molecular complexity index is 704. The van der Waals surface area contributed by atoms with Crippen LogP contribution in [-0.2, 0) is 4.74 Å². The lowest BCUT2D eigenvalue weighted by atomic mass is 10.1. The van der Waals surface area contributed by atoms with E-state index in [4.69, 9.17) is 11.6 Å². The number of methoxy groups -OCH3 is 1. The smallest absolute Gasteiger partial charge is 0.465 e. The van der Waals surface area contributed by atoms with E-state index in [2.05, 4.69) is 14.5 Å². The predicted octanol–water partition coefficient (Wildman–Crippen LogP) is 4.09. The minimum atomic E-state index is -4.79. The average Bonchev–Trinajstić information content (AvgIpc) is 2.45. The van der Waals surface area contributed by atoms with Crippen LogP contribution in [-0.4, -0.2) is 24.4 Å². The molecule has 0 bridgehead atoms. The molecular weight excluding hydrogens is 323 g/mol. The SMILES string of the molecule is COC(=O)c1cc(-c2cccc(OC(F)(F)F)c2)ncc1Cl. The fourth-order valence-electron chi connectivity index (χ4n) is 1.72. The molecule has 22 heavy (non-hydrogen) atoms. The molecule has 0 saturated carbocycles. The van der Waals surface area contributed by atoms with Crippen LogP contribution in [0.4, 0.5) is 13.2 Å². The van der Waals surface area contributed by atoms with Crippen molar-refractivity contribution in [3.63, 3.8) is 0 Å². The minimum Gasteiger partial charge on any atom is -0.465 e. The van der Waals surface area contributed by atoms with Gasteiger partial charge in [-0.3, -0.25) is 4.98 Å². The summed E-state index contributed by atoms with van der Waals surface area (Å²) in [6.45, 7) is 0. The monoisotopic (exact) mass is 331 g/mol. The molecule has 4 nitrogen and oxygen atoms in total. The van der Waals surface area contributed by atoms with Gasteiger partial charge in [0.15, 0.2) is 0 Å². The number of hydrogen-bond donors (Lipinski definition) is 0. The first kappa shape index (κ1) is 16.1. The van der Waals surface area contributed by atoms with Crippen molar-refractivity contribution < 1.29 is 27.4 Å². The van der Waals surface area contributed by atoms with Crippen molar-refractivity contribution in [2.24, 2.45) is 0 Å². The quantitative estimate of drug-likeness (QED) is 0.795. The van der Waals surface area contributed by atoms with E-state index in [-0.39, 0.29) is 22.0 Å². The summed E-state index contributed by atoms with van der Waals surface area (Å²) in [4.78, 5) is 15.6. The van der Waals surface area contributed by atoms with Crippen molar-refractivity contribution in [3.05, 3.63) is 47.1 Å². The van der Waals surface area contributed by atoms with Gasteiger partial charge < -0.3 is 9.47 Å². The zero-order chi connectivity index (χ0) is 16.3. The zero-order valence-corrected chi connectivity index (χ0v) is 11.9. The number of hydrogen-bond acceptors (Lipinski definition) is 4. The molecule has 0 unspecified atom stereocenters. The van der Waals surface area contributed by atoms with Gasteiger partial charge in [0.25, 0.3) is 0 Å². The fraction of sp³-hybridized carbons (Fsp3) is 0.143. The second kappa shape index (κ2) is 6.23. The predicted molar refractivity (Wildman–Crippen MR) is 72.7 cm³/mol. The third-order valence-corrected chi connectivity index (χ3v) is 2.93. The normalized spacial score (nSPS) is 11.1. The fourth-order valence-corrected chi connectivity index (χ4v) is 1.90. The number of aromatic nitrogens is 1. The molecule has 116 valence electrons. The maximum absolute atomic E-state index is 12.2. The molecule has 0 aliphatic rings. The summed E-state index contributed by atoms with van der Waals surface area (Å²) in [5.74, 6) is -1.06. The molecule has 0 saturated heterocycles. The number of carbonyl (C=O) groups is 1. The third kappa shape index (κ3) is 3.88. The zero-order valence-electron chi connectivity index (χ0n) is 11.1. The topological polar surface area (TPSA) is 48.4 Å². The van der Waals surface area contributed by atoms with Crippen molar-refractivity contribution in [1.82, 2.24) is 4.98 Å². The molecule has 1 aromatic heterocycles. The van der Waals surface area contributed by atoms with Crippen LogP contribution in [0.1, 0.15) is 10.4 Å². The number of nitrogens with zero attached hydrogens (tertiary/aromatic N) is 1. The highest BCUT2D eigenvalue weighted by molar-refractivity contribution is 6.33. The molecule has 1 heterocycles. The lowest BCUT2D eigenvalue weighted by Gasteiger charge is -2.10. The number of ether oxygens (including phenoxy) is 2. The van der Waals surface area contributed by atoms with Crippen molar-refractivity contribution in [2.75, 3.05) is 7.11 Å². The van der Waals surface area contributed by atoms with Crippen LogP contribution in [0.25, 0.3) is 11.3 Å². The highest BCUT2D eigenvalue weighted by Crippen LogP contribution is 2.28. The summed E-state index contributed by atoms with van der Waals surface area (Å²) in [6.07, 6.45) is -3.57. The number of carbonyl (C=O) groups excluding carboxylic acids is 1. The Hall–Kier alpha value is -2.28. The molecule has 2 rings (SSSR count). The van der Waals surface area contributed by atoms with Gasteiger partial charge >= 0.3 is 12.3 Å². The summed E-state index contributed by atoms with van der Waals surface area (Å²) in [7, 11) is 1.19. The number of benzene rings is 1. The molecular formula is C14H9ClF3NO3. The van der Waals surface area contributed by atoms with E-state index in [1.165, 1.54) is 31.5 Å². The van der Waals surface area contributed by atoms with Crippen molar-refractivity contribution in [2.45, 2.75) is 6.36 Å². The van der Waals surface area contributed by atoms with Crippen LogP contribution < -0.4 is 4.74 Å². The molecule has 2 aromatic rings. The lowest BCUT2D eigenvalue weighted by Crippen LogP contribution is -2.17. The van der Waals surface area contributed by atoms with Crippen LogP contribution >= 0.6 is 11.6 Å². The average molecular weight is 332 g/mol. The molecule has 0 fully saturated rings. The van der Waals surface area contributed by atoms with Gasteiger partial charge in [-0.25, -0.2) is 4.79 Å². The molecule has 0 amide bonds. The molecule has 0 radical (unpaired) electrons. The van der Waals surface area contributed by atoms with Crippen LogP contribution in [0.15, 0.2) is 36.5 Å². The second-order valence-electron chi connectivity index (χ2n) is 4.12. The van der Waals surface area contributed by atoms with Gasteiger partial charge in [0.2, 0.25) is 0 Å². The Balaban J connectivity index is 2.40. The number of rotatable bonds is 3. The first-order valence-corrected chi connectivity index (χ1v) is 6.28. The van der Waals surface area contributed by atoms with Crippen LogP contribution in [0.5, 0.6) is 5.75 Å². The minimum absolute atomic E-state index is 0.0660. The largest absolute Gasteiger partial charge is 0.573 e. The summed E-state index contributed by atoms with van der Waals surface area (Å²) in [5.41, 5.74) is 0.664. The summed E-state index contributed by atoms with van der Waals surface area (Å²) < 4.78 is 45.1. The van der Waals surface area contributed by atoms with Gasteiger partial charge in [-0.05, 0) is 18.2 Å². The van der Waals surface area contributed by atoms with E-state index in [1.54, 1.807) is 0 Å². The van der Waals surface area contributed by atoms with E-state index in [0.717, 1.165) is 12.1 Å². The molecule has 0 N–H and O–H groups in total. The Kier molecular flexibility index (Phi) is 4.56. The highest BCUT2D eigenvalue weighted by Gasteiger charge is 2.31. The number of alkyl halides is 3. The molecule has 0 spiro atoms. The Morgan fingerprint density at radius 3 is 2.64 bits per heavy atom. The first-order chi connectivity index (χ1) is 10.3. The number of esters is 1. The maximum Gasteiger partial charge on any atom is 0.573 e. The van der Waals surface area contributed by atoms with E-state index in [9.17, 15) is 18.0 Å². The second-order valence-corrected chi connectivity index (χ2v) is 4.52. The van der Waals surface area contributed by atoms with Gasteiger partial charge in [-0.2, -0.15) is 0 Å². The molecule has 0 aliphatic heterocycles. The van der Waals surface area contributed by atoms with Gasteiger partial charge in [0, 0.05) is 11.8 Å². The van der Waals surface area contributed by atoms with Gasteiger partial charge in [0.1, 0.15) is 5.75 Å². The Labute approximate surface area is 128 Å². The number of halogens is 4. The first-order valence-electron chi connectivity index (χ1n) is 5.90. The van der Waals surface area contributed by atoms with Gasteiger partial charge in [-0.1, -0.05) is 23.7 Å². The third-order valence-electron chi connectivity index (χ3n) is 2.62. The number of pyridine rings is 1. The van der Waals surface area contributed by atoms with Crippen molar-refractivity contribution >= 4 is 17.6 Å². The summed E-state index contributed by atoms with van der Waals surface area (Å²) >= 11 is 5.84. The maximum atomic E-state index is 12.2. The van der Waals surface area contributed by atoms with E-state index in [0.29, 0.717) is 5.56 Å². The molecule has 8 heteroatoms. The summed E-state index contributed by atoms with van der Waals surface area (Å²) in [5, 5.41) is 0.0818. The van der Waals surface area contributed by atoms with Crippen LogP contribution in [0.2, 0.25) is 5.02 Å². The van der Waals surface area contributed by atoms with Gasteiger partial charge in [-0.15, -0.1) is 13.2 Å². The van der Waals surface area contributed by atoms with E-state index in [1.807, 2.05) is 0 Å². The van der Waals surface area contributed by atoms with Gasteiger partial charge in [0.05, 0.1) is 23.4 Å². The van der Waals surface area contributed by atoms with Crippen LogP contribution in [0, 0.1) is 0 Å².